The molecule has 2 aromatic rings. The Hall–Kier alpha value is -2.43. The quantitative estimate of drug-likeness (QED) is 0.879. The third-order valence-corrected chi connectivity index (χ3v) is 2.74. The van der Waals surface area contributed by atoms with Gasteiger partial charge in [-0.25, -0.2) is 9.78 Å². The van der Waals surface area contributed by atoms with Gasteiger partial charge in [-0.2, -0.15) is 0 Å². The van der Waals surface area contributed by atoms with Gasteiger partial charge < -0.3 is 10.4 Å². The fourth-order valence-corrected chi connectivity index (χ4v) is 1.74. The van der Waals surface area contributed by atoms with Crippen molar-refractivity contribution in [2.24, 2.45) is 0 Å². The third kappa shape index (κ3) is 3.07. The molecule has 0 fully saturated rings. The molecule has 0 saturated heterocycles. The van der Waals surface area contributed by atoms with Gasteiger partial charge >= 0.3 is 5.97 Å². The van der Waals surface area contributed by atoms with Crippen LogP contribution in [0, 0.1) is 13.8 Å². The SMILES string of the molecule is Cc1cnc(C)c(NC(C(=O)O)c2ccccc2)n1. The number of aliphatic carboxylic acids is 1. The van der Waals surface area contributed by atoms with E-state index >= 15 is 0 Å². The number of hydrogen-bond acceptors (Lipinski definition) is 4. The zero-order valence-corrected chi connectivity index (χ0v) is 10.8. The Morgan fingerprint density at radius 1 is 1.26 bits per heavy atom. The van der Waals surface area contributed by atoms with Crippen molar-refractivity contribution >= 4 is 11.8 Å². The topological polar surface area (TPSA) is 75.1 Å². The van der Waals surface area contributed by atoms with E-state index in [4.69, 9.17) is 0 Å². The Bertz CT molecular complexity index is 584. The number of carboxylic acids is 1. The summed E-state index contributed by atoms with van der Waals surface area (Å²) in [6, 6.07) is 8.16. The van der Waals surface area contributed by atoms with Crippen molar-refractivity contribution in [3.8, 4) is 0 Å². The lowest BCUT2D eigenvalue weighted by atomic mass is 10.1. The van der Waals surface area contributed by atoms with Gasteiger partial charge in [0.25, 0.3) is 0 Å². The highest BCUT2D eigenvalue weighted by atomic mass is 16.4. The average Bonchev–Trinajstić information content (AvgIpc) is 2.40. The highest BCUT2D eigenvalue weighted by Gasteiger charge is 2.20. The lowest BCUT2D eigenvalue weighted by Crippen LogP contribution is -2.21. The van der Waals surface area contributed by atoms with Crippen LogP contribution in [0.15, 0.2) is 36.5 Å². The van der Waals surface area contributed by atoms with Gasteiger partial charge in [0.2, 0.25) is 0 Å². The molecule has 98 valence electrons. The minimum Gasteiger partial charge on any atom is -0.479 e. The van der Waals surface area contributed by atoms with E-state index in [2.05, 4.69) is 15.3 Å². The second kappa shape index (κ2) is 5.48. The molecule has 2 rings (SSSR count). The summed E-state index contributed by atoms with van der Waals surface area (Å²) < 4.78 is 0. The molecule has 0 aliphatic heterocycles. The highest BCUT2D eigenvalue weighted by molar-refractivity contribution is 5.79. The maximum Gasteiger partial charge on any atom is 0.330 e. The molecule has 5 nitrogen and oxygen atoms in total. The van der Waals surface area contributed by atoms with Crippen molar-refractivity contribution in [3.05, 3.63) is 53.5 Å². The number of aromatic nitrogens is 2. The molecule has 2 N–H and O–H groups in total. The summed E-state index contributed by atoms with van der Waals surface area (Å²) in [5, 5.41) is 12.3. The molecule has 0 bridgehead atoms. The van der Waals surface area contributed by atoms with Crippen molar-refractivity contribution in [1.82, 2.24) is 9.97 Å². The van der Waals surface area contributed by atoms with E-state index < -0.39 is 12.0 Å². The number of hydrogen-bond donors (Lipinski definition) is 2. The molecule has 1 aromatic carbocycles. The van der Waals surface area contributed by atoms with Crippen molar-refractivity contribution in [3.63, 3.8) is 0 Å². The smallest absolute Gasteiger partial charge is 0.330 e. The number of nitrogens with zero attached hydrogens (tertiary/aromatic N) is 2. The standard InChI is InChI=1S/C14H15N3O2/c1-9-8-15-10(2)13(16-9)17-12(14(18)19)11-6-4-3-5-7-11/h3-8,12H,1-2H3,(H,16,17)(H,18,19). The Balaban J connectivity index is 2.32. The number of carbonyl (C=O) groups is 1. The second-order valence-corrected chi connectivity index (χ2v) is 4.27. The van der Waals surface area contributed by atoms with Crippen LogP contribution in [0.3, 0.4) is 0 Å². The Labute approximate surface area is 111 Å². The van der Waals surface area contributed by atoms with E-state index in [1.807, 2.05) is 25.1 Å². The molecule has 1 aromatic heterocycles. The van der Waals surface area contributed by atoms with Crippen molar-refractivity contribution in [1.29, 1.82) is 0 Å². The van der Waals surface area contributed by atoms with Crippen LogP contribution < -0.4 is 5.32 Å². The summed E-state index contributed by atoms with van der Waals surface area (Å²) in [6.45, 7) is 3.61. The van der Waals surface area contributed by atoms with Gasteiger partial charge in [-0.05, 0) is 19.4 Å². The van der Waals surface area contributed by atoms with Crippen LogP contribution in [0.5, 0.6) is 0 Å². The van der Waals surface area contributed by atoms with Crippen LogP contribution in [-0.2, 0) is 4.79 Å². The van der Waals surface area contributed by atoms with Crippen LogP contribution in [0.4, 0.5) is 5.82 Å². The summed E-state index contributed by atoms with van der Waals surface area (Å²) in [7, 11) is 0. The molecule has 0 aliphatic carbocycles. The number of aryl methyl sites for hydroxylation is 2. The summed E-state index contributed by atoms with van der Waals surface area (Å²) >= 11 is 0. The molecule has 0 saturated carbocycles. The fraction of sp³-hybridized carbons (Fsp3) is 0.214. The van der Waals surface area contributed by atoms with Gasteiger partial charge in [0.15, 0.2) is 6.04 Å². The van der Waals surface area contributed by atoms with Gasteiger partial charge in [-0.3, -0.25) is 4.98 Å². The van der Waals surface area contributed by atoms with Gasteiger partial charge in [-0.15, -0.1) is 0 Å². The molecule has 0 amide bonds. The lowest BCUT2D eigenvalue weighted by Gasteiger charge is -2.16. The maximum absolute atomic E-state index is 11.4. The van der Waals surface area contributed by atoms with E-state index in [1.54, 1.807) is 25.3 Å². The normalized spacial score (nSPS) is 11.9. The monoisotopic (exact) mass is 257 g/mol. The van der Waals surface area contributed by atoms with Crippen LogP contribution in [-0.4, -0.2) is 21.0 Å². The molecule has 19 heavy (non-hydrogen) atoms. The Morgan fingerprint density at radius 3 is 2.58 bits per heavy atom. The average molecular weight is 257 g/mol. The summed E-state index contributed by atoms with van der Waals surface area (Å²) in [5.74, 6) is -0.454. The van der Waals surface area contributed by atoms with E-state index in [9.17, 15) is 9.90 Å². The number of anilines is 1. The van der Waals surface area contributed by atoms with Crippen molar-refractivity contribution < 1.29 is 9.90 Å². The molecule has 1 heterocycles. The minimum absolute atomic E-state index is 0.497. The fourth-order valence-electron chi connectivity index (χ4n) is 1.74. The van der Waals surface area contributed by atoms with Crippen LogP contribution >= 0.6 is 0 Å². The van der Waals surface area contributed by atoms with Gasteiger partial charge in [0, 0.05) is 6.20 Å². The van der Waals surface area contributed by atoms with Gasteiger partial charge in [0.1, 0.15) is 5.82 Å². The number of nitrogens with one attached hydrogen (secondary N) is 1. The highest BCUT2D eigenvalue weighted by Crippen LogP contribution is 2.20. The molecule has 0 spiro atoms. The van der Waals surface area contributed by atoms with E-state index in [1.165, 1.54) is 0 Å². The number of carboxylic acid groups (broad SMARTS) is 1. The predicted molar refractivity (Wildman–Crippen MR) is 71.9 cm³/mol. The summed E-state index contributed by atoms with van der Waals surface area (Å²) in [4.78, 5) is 19.8. The molecule has 5 heteroatoms. The number of benzene rings is 1. The summed E-state index contributed by atoms with van der Waals surface area (Å²) in [6.07, 6.45) is 1.65. The largest absolute Gasteiger partial charge is 0.479 e. The molecule has 1 unspecified atom stereocenters. The molecule has 1 atom stereocenters. The van der Waals surface area contributed by atoms with Gasteiger partial charge in [-0.1, -0.05) is 30.3 Å². The zero-order valence-electron chi connectivity index (χ0n) is 10.8. The van der Waals surface area contributed by atoms with E-state index in [0.29, 0.717) is 17.1 Å². The molecular weight excluding hydrogens is 242 g/mol. The first-order valence-corrected chi connectivity index (χ1v) is 5.92. The number of rotatable bonds is 4. The first-order chi connectivity index (χ1) is 9.08. The third-order valence-electron chi connectivity index (χ3n) is 2.74. The van der Waals surface area contributed by atoms with E-state index in [0.717, 1.165) is 5.69 Å². The Kier molecular flexibility index (Phi) is 3.75. The van der Waals surface area contributed by atoms with Crippen LogP contribution in [0.1, 0.15) is 23.0 Å². The molecule has 0 radical (unpaired) electrons. The zero-order chi connectivity index (χ0) is 13.8. The second-order valence-electron chi connectivity index (χ2n) is 4.27. The lowest BCUT2D eigenvalue weighted by molar-refractivity contribution is -0.138. The van der Waals surface area contributed by atoms with Crippen molar-refractivity contribution in [2.75, 3.05) is 5.32 Å². The summed E-state index contributed by atoms with van der Waals surface area (Å²) in [5.41, 5.74) is 2.09. The Morgan fingerprint density at radius 2 is 1.95 bits per heavy atom. The molecular formula is C14H15N3O2. The van der Waals surface area contributed by atoms with Crippen LogP contribution in [0.25, 0.3) is 0 Å². The van der Waals surface area contributed by atoms with Crippen LogP contribution in [0.2, 0.25) is 0 Å². The van der Waals surface area contributed by atoms with Gasteiger partial charge in [0.05, 0.1) is 11.4 Å². The molecule has 0 aliphatic rings. The van der Waals surface area contributed by atoms with Crippen molar-refractivity contribution in [2.45, 2.75) is 19.9 Å². The minimum atomic E-state index is -0.950. The predicted octanol–water partition coefficient (Wildman–Crippen LogP) is 2.33. The first kappa shape index (κ1) is 13.0. The first-order valence-electron chi connectivity index (χ1n) is 5.92. The maximum atomic E-state index is 11.4. The van der Waals surface area contributed by atoms with E-state index in [-0.39, 0.29) is 0 Å².